The minimum Gasteiger partial charge on any atom is -0.406 e. The summed E-state index contributed by atoms with van der Waals surface area (Å²) in [5.41, 5.74) is 0.955. The van der Waals surface area contributed by atoms with Gasteiger partial charge in [0.1, 0.15) is 5.75 Å². The Balaban J connectivity index is 1.89. The van der Waals surface area contributed by atoms with Crippen LogP contribution in [0.4, 0.5) is 13.2 Å². The highest BCUT2D eigenvalue weighted by atomic mass is 32.2. The molecule has 1 aromatic rings. The molecule has 112 valence electrons. The number of thioether (sulfide) groups is 1. The maximum atomic E-state index is 12.1. The van der Waals surface area contributed by atoms with E-state index in [4.69, 9.17) is 0 Å². The van der Waals surface area contributed by atoms with E-state index in [2.05, 4.69) is 16.3 Å². The molecule has 2 nitrogen and oxygen atoms in total. The van der Waals surface area contributed by atoms with Gasteiger partial charge >= 0.3 is 6.36 Å². The molecule has 1 N–H and O–H groups in total. The number of ether oxygens (including phenoxy) is 1. The number of alkyl halides is 3. The van der Waals surface area contributed by atoms with E-state index in [1.807, 2.05) is 18.7 Å². The third-order valence-electron chi connectivity index (χ3n) is 3.58. The Morgan fingerprint density at radius 3 is 2.35 bits per heavy atom. The second kappa shape index (κ2) is 5.85. The minimum absolute atomic E-state index is 0.111. The summed E-state index contributed by atoms with van der Waals surface area (Å²) in [6.45, 7) is 2.94. The van der Waals surface area contributed by atoms with Crippen LogP contribution in [0.25, 0.3) is 0 Å². The monoisotopic (exact) mass is 305 g/mol. The summed E-state index contributed by atoms with van der Waals surface area (Å²) in [6, 6.07) is 6.14. The van der Waals surface area contributed by atoms with Crippen LogP contribution in [0.5, 0.6) is 5.75 Å². The van der Waals surface area contributed by atoms with E-state index in [0.717, 1.165) is 12.1 Å². The quantitative estimate of drug-likeness (QED) is 0.854. The molecular weight excluding hydrogens is 287 g/mol. The molecule has 0 aliphatic heterocycles. The predicted molar refractivity (Wildman–Crippen MR) is 75.0 cm³/mol. The zero-order valence-electron chi connectivity index (χ0n) is 11.5. The SMILES string of the molecule is CSC1(CNC(C)c2ccc(OC(F)(F)F)cc2)CC1. The average molecular weight is 305 g/mol. The van der Waals surface area contributed by atoms with Crippen LogP contribution in [0.2, 0.25) is 0 Å². The summed E-state index contributed by atoms with van der Waals surface area (Å²) < 4.78 is 40.4. The second-order valence-electron chi connectivity index (χ2n) is 5.11. The van der Waals surface area contributed by atoms with Gasteiger partial charge in [0.25, 0.3) is 0 Å². The Morgan fingerprint density at radius 2 is 1.90 bits per heavy atom. The molecule has 0 amide bonds. The first-order valence-corrected chi connectivity index (χ1v) is 7.70. The van der Waals surface area contributed by atoms with Gasteiger partial charge in [-0.1, -0.05) is 12.1 Å². The van der Waals surface area contributed by atoms with Gasteiger partial charge in [0.15, 0.2) is 0 Å². The fourth-order valence-electron chi connectivity index (χ4n) is 2.01. The lowest BCUT2D eigenvalue weighted by atomic mass is 10.1. The summed E-state index contributed by atoms with van der Waals surface area (Å²) in [6.07, 6.45) is -0.0663. The number of nitrogens with one attached hydrogen (secondary N) is 1. The van der Waals surface area contributed by atoms with Crippen LogP contribution in [0.3, 0.4) is 0 Å². The molecule has 1 aliphatic carbocycles. The molecule has 2 rings (SSSR count). The molecule has 1 atom stereocenters. The number of hydrogen-bond donors (Lipinski definition) is 1. The number of hydrogen-bond acceptors (Lipinski definition) is 3. The van der Waals surface area contributed by atoms with Crippen molar-refractivity contribution in [1.82, 2.24) is 5.32 Å². The lowest BCUT2D eigenvalue weighted by molar-refractivity contribution is -0.274. The van der Waals surface area contributed by atoms with Gasteiger partial charge in [0.2, 0.25) is 0 Å². The smallest absolute Gasteiger partial charge is 0.406 e. The highest BCUT2D eigenvalue weighted by Crippen LogP contribution is 2.46. The van der Waals surface area contributed by atoms with Crippen LogP contribution in [0, 0.1) is 0 Å². The zero-order chi connectivity index (χ0) is 14.8. The highest BCUT2D eigenvalue weighted by Gasteiger charge is 2.41. The van der Waals surface area contributed by atoms with Crippen molar-refractivity contribution in [3.63, 3.8) is 0 Å². The van der Waals surface area contributed by atoms with E-state index >= 15 is 0 Å². The molecule has 1 fully saturated rings. The molecule has 1 unspecified atom stereocenters. The summed E-state index contributed by atoms with van der Waals surface area (Å²) in [4.78, 5) is 0. The van der Waals surface area contributed by atoms with E-state index in [0.29, 0.717) is 4.75 Å². The molecule has 6 heteroatoms. The van der Waals surface area contributed by atoms with Gasteiger partial charge in [-0.2, -0.15) is 11.8 Å². The largest absolute Gasteiger partial charge is 0.573 e. The standard InChI is InChI=1S/C14H18F3NOS/c1-10(18-9-13(20-2)7-8-13)11-3-5-12(6-4-11)19-14(15,16)17/h3-6,10,18H,7-9H2,1-2H3. The van der Waals surface area contributed by atoms with Crippen LogP contribution in [0.15, 0.2) is 24.3 Å². The van der Waals surface area contributed by atoms with E-state index in [9.17, 15) is 13.2 Å². The van der Waals surface area contributed by atoms with Gasteiger partial charge in [-0.15, -0.1) is 13.2 Å². The van der Waals surface area contributed by atoms with E-state index in [-0.39, 0.29) is 11.8 Å². The second-order valence-corrected chi connectivity index (χ2v) is 6.38. The maximum absolute atomic E-state index is 12.1. The van der Waals surface area contributed by atoms with Crippen molar-refractivity contribution in [1.29, 1.82) is 0 Å². The Kier molecular flexibility index (Phi) is 4.54. The highest BCUT2D eigenvalue weighted by molar-refractivity contribution is 8.00. The average Bonchev–Trinajstić information content (AvgIpc) is 3.16. The predicted octanol–water partition coefficient (Wildman–Crippen LogP) is 4.13. The first-order valence-electron chi connectivity index (χ1n) is 6.48. The molecule has 0 bridgehead atoms. The van der Waals surface area contributed by atoms with Crippen LogP contribution < -0.4 is 10.1 Å². The number of benzene rings is 1. The lowest BCUT2D eigenvalue weighted by Gasteiger charge is -2.19. The van der Waals surface area contributed by atoms with Gasteiger partial charge in [0.05, 0.1) is 0 Å². The molecule has 1 saturated carbocycles. The van der Waals surface area contributed by atoms with Crippen LogP contribution in [-0.4, -0.2) is 23.9 Å². The van der Waals surface area contributed by atoms with Crippen molar-refractivity contribution in [2.75, 3.05) is 12.8 Å². The fourth-order valence-corrected chi connectivity index (χ4v) is 2.75. The summed E-state index contributed by atoms with van der Waals surface area (Å²) in [7, 11) is 0. The first-order chi connectivity index (χ1) is 9.34. The third kappa shape index (κ3) is 4.31. The summed E-state index contributed by atoms with van der Waals surface area (Å²) in [5, 5.41) is 3.44. The Bertz CT molecular complexity index is 443. The molecule has 0 saturated heterocycles. The van der Waals surface area contributed by atoms with Crippen molar-refractivity contribution in [2.45, 2.75) is 36.9 Å². The third-order valence-corrected chi connectivity index (χ3v) is 5.00. The van der Waals surface area contributed by atoms with E-state index < -0.39 is 6.36 Å². The summed E-state index contributed by atoms with van der Waals surface area (Å²) >= 11 is 1.88. The molecule has 20 heavy (non-hydrogen) atoms. The van der Waals surface area contributed by atoms with Crippen LogP contribution in [0.1, 0.15) is 31.4 Å². The van der Waals surface area contributed by atoms with Gasteiger partial charge in [0, 0.05) is 17.3 Å². The Labute approximate surface area is 121 Å². The van der Waals surface area contributed by atoms with Crippen molar-refractivity contribution in [2.24, 2.45) is 0 Å². The molecule has 1 aromatic carbocycles. The fraction of sp³-hybridized carbons (Fsp3) is 0.571. The van der Waals surface area contributed by atoms with Crippen molar-refractivity contribution in [3.8, 4) is 5.75 Å². The topological polar surface area (TPSA) is 21.3 Å². The molecule has 0 spiro atoms. The molecular formula is C14H18F3NOS. The van der Waals surface area contributed by atoms with Crippen LogP contribution >= 0.6 is 11.8 Å². The van der Waals surface area contributed by atoms with Crippen molar-refractivity contribution >= 4 is 11.8 Å². The molecule has 0 heterocycles. The van der Waals surface area contributed by atoms with Gasteiger partial charge in [-0.25, -0.2) is 0 Å². The lowest BCUT2D eigenvalue weighted by Crippen LogP contribution is -2.28. The summed E-state index contributed by atoms with van der Waals surface area (Å²) in [5.74, 6) is -0.184. The Morgan fingerprint density at radius 1 is 1.30 bits per heavy atom. The first kappa shape index (κ1) is 15.5. The zero-order valence-corrected chi connectivity index (χ0v) is 12.3. The molecule has 0 radical (unpaired) electrons. The van der Waals surface area contributed by atoms with E-state index in [1.54, 1.807) is 12.1 Å². The molecule has 0 aromatic heterocycles. The number of rotatable bonds is 6. The van der Waals surface area contributed by atoms with Gasteiger partial charge in [-0.3, -0.25) is 0 Å². The van der Waals surface area contributed by atoms with Crippen molar-refractivity contribution in [3.05, 3.63) is 29.8 Å². The van der Waals surface area contributed by atoms with E-state index in [1.165, 1.54) is 25.0 Å². The molecule has 1 aliphatic rings. The maximum Gasteiger partial charge on any atom is 0.573 e. The van der Waals surface area contributed by atoms with Gasteiger partial charge in [-0.05, 0) is 43.7 Å². The normalized spacial score (nSPS) is 18.6. The Hall–Kier alpha value is -0.880. The number of halogens is 3. The van der Waals surface area contributed by atoms with Crippen molar-refractivity contribution < 1.29 is 17.9 Å². The minimum atomic E-state index is -4.64. The van der Waals surface area contributed by atoms with Gasteiger partial charge < -0.3 is 10.1 Å². The van der Waals surface area contributed by atoms with Crippen LogP contribution in [-0.2, 0) is 0 Å².